The summed E-state index contributed by atoms with van der Waals surface area (Å²) in [7, 11) is 2.84. The molecule has 3 rings (SSSR count). The Morgan fingerprint density at radius 1 is 1.12 bits per heavy atom. The van der Waals surface area contributed by atoms with Gasteiger partial charge in [-0.25, -0.2) is 0 Å². The van der Waals surface area contributed by atoms with Crippen LogP contribution in [-0.2, 0) is 9.53 Å². The van der Waals surface area contributed by atoms with Crippen LogP contribution in [0.25, 0.3) is 5.69 Å². The van der Waals surface area contributed by atoms with E-state index in [0.717, 1.165) is 0 Å². The van der Waals surface area contributed by atoms with E-state index in [1.54, 1.807) is 43.5 Å². The van der Waals surface area contributed by atoms with Crippen molar-refractivity contribution >= 4 is 11.9 Å². The fourth-order valence-electron chi connectivity index (χ4n) is 3.02. The van der Waals surface area contributed by atoms with Gasteiger partial charge in [-0.05, 0) is 30.7 Å². The molecule has 136 valence electrons. The number of benzene rings is 1. The number of esters is 1. The molecule has 1 saturated heterocycles. The number of pyridine rings is 1. The lowest BCUT2D eigenvalue weighted by molar-refractivity contribution is -0.149. The van der Waals surface area contributed by atoms with Gasteiger partial charge < -0.3 is 14.4 Å². The van der Waals surface area contributed by atoms with Gasteiger partial charge in [-0.15, -0.1) is 0 Å². The van der Waals surface area contributed by atoms with Crippen molar-refractivity contribution in [3.63, 3.8) is 0 Å². The van der Waals surface area contributed by atoms with Crippen LogP contribution in [0.15, 0.2) is 41.3 Å². The predicted octanol–water partition coefficient (Wildman–Crippen LogP) is 1.40. The molecule has 0 unspecified atom stereocenters. The minimum absolute atomic E-state index is 0.0988. The van der Waals surface area contributed by atoms with E-state index in [1.807, 2.05) is 0 Å². The Balaban J connectivity index is 1.95. The molecule has 2 heterocycles. The van der Waals surface area contributed by atoms with E-state index in [0.29, 0.717) is 17.0 Å². The number of ether oxygens (including phenoxy) is 2. The largest absolute Gasteiger partial charge is 0.495 e. The van der Waals surface area contributed by atoms with Gasteiger partial charge in [0.05, 0.1) is 25.8 Å². The van der Waals surface area contributed by atoms with Gasteiger partial charge in [0, 0.05) is 19.3 Å². The topological polar surface area (TPSA) is 77.8 Å². The molecule has 2 aromatic rings. The number of carbonyl (C=O) groups excluding carboxylic acids is 2. The first kappa shape index (κ1) is 17.7. The fraction of sp³-hybridized carbons (Fsp3) is 0.316. The molecule has 1 aromatic carbocycles. The monoisotopic (exact) mass is 356 g/mol. The number of para-hydroxylation sites is 2. The quantitative estimate of drug-likeness (QED) is 0.774. The summed E-state index contributed by atoms with van der Waals surface area (Å²) in [6.07, 6.45) is 1.62. The first-order valence-corrected chi connectivity index (χ1v) is 8.20. The van der Waals surface area contributed by atoms with Crippen LogP contribution >= 0.6 is 0 Å². The minimum Gasteiger partial charge on any atom is -0.495 e. The molecule has 1 aliphatic rings. The lowest BCUT2D eigenvalue weighted by atomic mass is 9.98. The van der Waals surface area contributed by atoms with Crippen molar-refractivity contribution in [2.45, 2.75) is 6.92 Å². The summed E-state index contributed by atoms with van der Waals surface area (Å²) >= 11 is 0. The molecule has 1 aliphatic heterocycles. The van der Waals surface area contributed by atoms with Crippen LogP contribution in [0.5, 0.6) is 5.75 Å². The molecule has 1 amide bonds. The van der Waals surface area contributed by atoms with Crippen LogP contribution in [-0.4, -0.2) is 48.7 Å². The highest BCUT2D eigenvalue weighted by Crippen LogP contribution is 2.23. The number of hydrogen-bond donors (Lipinski definition) is 0. The number of nitrogens with zero attached hydrogens (tertiary/aromatic N) is 2. The molecule has 7 heteroatoms. The van der Waals surface area contributed by atoms with Crippen molar-refractivity contribution in [1.82, 2.24) is 9.47 Å². The van der Waals surface area contributed by atoms with Gasteiger partial charge in [0.1, 0.15) is 11.3 Å². The van der Waals surface area contributed by atoms with E-state index in [1.165, 1.54) is 23.7 Å². The number of amides is 1. The molecule has 0 spiro atoms. The third kappa shape index (κ3) is 2.96. The molecule has 0 aliphatic carbocycles. The van der Waals surface area contributed by atoms with Crippen molar-refractivity contribution in [3.05, 3.63) is 58.0 Å². The van der Waals surface area contributed by atoms with Gasteiger partial charge >= 0.3 is 5.97 Å². The summed E-state index contributed by atoms with van der Waals surface area (Å²) in [5.74, 6) is -0.516. The van der Waals surface area contributed by atoms with E-state index in [9.17, 15) is 14.4 Å². The Morgan fingerprint density at radius 2 is 1.81 bits per heavy atom. The molecular formula is C19H20N2O5. The van der Waals surface area contributed by atoms with Crippen molar-refractivity contribution < 1.29 is 19.1 Å². The van der Waals surface area contributed by atoms with Gasteiger partial charge in [-0.3, -0.25) is 19.0 Å². The van der Waals surface area contributed by atoms with E-state index in [2.05, 4.69) is 4.74 Å². The van der Waals surface area contributed by atoms with Crippen molar-refractivity contribution in [2.24, 2.45) is 5.92 Å². The van der Waals surface area contributed by atoms with Gasteiger partial charge in [0.2, 0.25) is 0 Å². The van der Waals surface area contributed by atoms with Crippen LogP contribution < -0.4 is 10.3 Å². The highest BCUT2D eigenvalue weighted by atomic mass is 16.5. The number of aryl methyl sites for hydroxylation is 1. The van der Waals surface area contributed by atoms with Crippen LogP contribution in [0.1, 0.15) is 15.9 Å². The normalized spacial score (nSPS) is 13.9. The van der Waals surface area contributed by atoms with Crippen LogP contribution in [0.3, 0.4) is 0 Å². The molecule has 7 nitrogen and oxygen atoms in total. The van der Waals surface area contributed by atoms with E-state index in [4.69, 9.17) is 4.74 Å². The number of hydrogen-bond acceptors (Lipinski definition) is 5. The standard InChI is InChI=1S/C19H20N2O5/c1-12-8-9-21(14-6-4-5-7-15(14)25-2)18(23)16(12)17(22)20-10-13(11-20)19(24)26-3/h4-9,13H,10-11H2,1-3H3. The summed E-state index contributed by atoms with van der Waals surface area (Å²) in [6, 6.07) is 8.82. The molecule has 0 saturated carbocycles. The number of methoxy groups -OCH3 is 2. The molecular weight excluding hydrogens is 336 g/mol. The molecule has 26 heavy (non-hydrogen) atoms. The van der Waals surface area contributed by atoms with Crippen LogP contribution in [0.4, 0.5) is 0 Å². The summed E-state index contributed by atoms with van der Waals surface area (Å²) < 4.78 is 11.4. The summed E-state index contributed by atoms with van der Waals surface area (Å²) in [5.41, 5.74) is 0.834. The molecule has 0 N–H and O–H groups in total. The molecule has 0 radical (unpaired) electrons. The second-order valence-electron chi connectivity index (χ2n) is 6.15. The average Bonchev–Trinajstić information content (AvgIpc) is 2.60. The second kappa shape index (κ2) is 7.03. The molecule has 1 fully saturated rings. The summed E-state index contributed by atoms with van der Waals surface area (Å²) in [6.45, 7) is 2.24. The Labute approximate surface area is 150 Å². The zero-order chi connectivity index (χ0) is 18.8. The maximum atomic E-state index is 13.0. The first-order chi connectivity index (χ1) is 12.5. The second-order valence-corrected chi connectivity index (χ2v) is 6.15. The lowest BCUT2D eigenvalue weighted by Gasteiger charge is -2.37. The summed E-state index contributed by atoms with van der Waals surface area (Å²) in [4.78, 5) is 38.8. The Hall–Kier alpha value is -3.09. The van der Waals surface area contributed by atoms with Crippen molar-refractivity contribution in [3.8, 4) is 11.4 Å². The average molecular weight is 356 g/mol. The Kier molecular flexibility index (Phi) is 4.79. The Bertz CT molecular complexity index is 912. The van der Waals surface area contributed by atoms with E-state index < -0.39 is 5.56 Å². The van der Waals surface area contributed by atoms with Crippen LogP contribution in [0.2, 0.25) is 0 Å². The highest BCUT2D eigenvalue weighted by Gasteiger charge is 2.38. The maximum absolute atomic E-state index is 13.0. The van der Waals surface area contributed by atoms with Gasteiger partial charge in [0.25, 0.3) is 11.5 Å². The fourth-order valence-corrected chi connectivity index (χ4v) is 3.02. The maximum Gasteiger partial charge on any atom is 0.312 e. The third-order valence-corrected chi connectivity index (χ3v) is 4.56. The van der Waals surface area contributed by atoms with Gasteiger partial charge in [-0.1, -0.05) is 12.1 Å². The number of rotatable bonds is 4. The minimum atomic E-state index is -0.416. The van der Waals surface area contributed by atoms with Gasteiger partial charge in [0.15, 0.2) is 0 Å². The molecule has 0 bridgehead atoms. The molecule has 0 atom stereocenters. The van der Waals surface area contributed by atoms with E-state index >= 15 is 0 Å². The first-order valence-electron chi connectivity index (χ1n) is 8.20. The summed E-state index contributed by atoms with van der Waals surface area (Å²) in [5, 5.41) is 0. The van der Waals surface area contributed by atoms with Crippen molar-refractivity contribution in [2.75, 3.05) is 27.3 Å². The zero-order valence-corrected chi connectivity index (χ0v) is 14.9. The van der Waals surface area contributed by atoms with E-state index in [-0.39, 0.29) is 36.4 Å². The van der Waals surface area contributed by atoms with Crippen molar-refractivity contribution in [1.29, 1.82) is 0 Å². The third-order valence-electron chi connectivity index (χ3n) is 4.56. The number of likely N-dealkylation sites (tertiary alicyclic amines) is 1. The zero-order valence-electron chi connectivity index (χ0n) is 14.9. The number of carbonyl (C=O) groups is 2. The van der Waals surface area contributed by atoms with Gasteiger partial charge in [-0.2, -0.15) is 0 Å². The predicted molar refractivity (Wildman–Crippen MR) is 94.7 cm³/mol. The Morgan fingerprint density at radius 3 is 2.46 bits per heavy atom. The SMILES string of the molecule is COC(=O)C1CN(C(=O)c2c(C)ccn(-c3ccccc3OC)c2=O)C1. The highest BCUT2D eigenvalue weighted by molar-refractivity contribution is 5.96. The molecule has 1 aromatic heterocycles. The van der Waals surface area contributed by atoms with Crippen LogP contribution in [0, 0.1) is 12.8 Å². The lowest BCUT2D eigenvalue weighted by Crippen LogP contribution is -2.54. The number of aromatic nitrogens is 1. The smallest absolute Gasteiger partial charge is 0.312 e.